The first kappa shape index (κ1) is 21.5. The van der Waals surface area contributed by atoms with Crippen LogP contribution in [0.5, 0.6) is 0 Å². The second-order valence-electron chi connectivity index (χ2n) is 10.4. The van der Waals surface area contributed by atoms with E-state index in [0.29, 0.717) is 0 Å². The molecule has 0 N–H and O–H groups in total. The number of hydrogen-bond acceptors (Lipinski definition) is 0. The number of fused-ring (bicyclic) bond motifs is 6. The van der Waals surface area contributed by atoms with Crippen LogP contribution < -0.4 is 0 Å². The zero-order chi connectivity index (χ0) is 25.1. The zero-order valence-corrected chi connectivity index (χ0v) is 21.3. The van der Waals surface area contributed by atoms with Crippen molar-refractivity contribution in [2.45, 2.75) is 25.7 Å². The van der Waals surface area contributed by atoms with E-state index in [-0.39, 0.29) is 0 Å². The Morgan fingerprint density at radius 2 is 1.16 bits per heavy atom. The molecule has 0 bridgehead atoms. The minimum Gasteiger partial charge on any atom is -0.313 e. The summed E-state index contributed by atoms with van der Waals surface area (Å²) >= 11 is 0. The predicted octanol–water partition coefficient (Wildman–Crippen LogP) is 9.42. The number of para-hydroxylation sites is 3. The van der Waals surface area contributed by atoms with E-state index >= 15 is 0 Å². The lowest BCUT2D eigenvalue weighted by Gasteiger charge is -2.20. The zero-order valence-electron chi connectivity index (χ0n) is 21.3. The Labute approximate surface area is 222 Å². The topological polar surface area (TPSA) is 9.86 Å². The molecular weight excluding hydrogens is 460 g/mol. The van der Waals surface area contributed by atoms with Gasteiger partial charge in [0.25, 0.3) is 0 Å². The monoisotopic (exact) mass is 488 g/mol. The maximum Gasteiger partial charge on any atom is 0.0541 e. The molecule has 0 saturated carbocycles. The van der Waals surface area contributed by atoms with Crippen LogP contribution in [-0.2, 0) is 6.42 Å². The molecule has 38 heavy (non-hydrogen) atoms. The van der Waals surface area contributed by atoms with Gasteiger partial charge in [0.2, 0.25) is 0 Å². The van der Waals surface area contributed by atoms with E-state index in [1.807, 2.05) is 0 Å². The van der Waals surface area contributed by atoms with Crippen LogP contribution in [0.3, 0.4) is 0 Å². The molecule has 2 nitrogen and oxygen atoms in total. The van der Waals surface area contributed by atoms with Crippen LogP contribution in [-0.4, -0.2) is 9.13 Å². The summed E-state index contributed by atoms with van der Waals surface area (Å²) in [6.07, 6.45) is 13.7. The molecule has 0 amide bonds. The maximum atomic E-state index is 2.50. The lowest BCUT2D eigenvalue weighted by molar-refractivity contribution is 0.935. The first-order valence-electron chi connectivity index (χ1n) is 13.6. The summed E-state index contributed by atoms with van der Waals surface area (Å²) in [6, 6.07) is 35.4. The fraction of sp³-hybridized carbons (Fsp3) is 0.111. The van der Waals surface area contributed by atoms with Gasteiger partial charge in [0, 0.05) is 33.2 Å². The molecule has 0 spiro atoms. The van der Waals surface area contributed by atoms with Crippen molar-refractivity contribution in [1.29, 1.82) is 0 Å². The van der Waals surface area contributed by atoms with Crippen molar-refractivity contribution in [3.05, 3.63) is 132 Å². The molecule has 2 heterocycles. The van der Waals surface area contributed by atoms with E-state index in [9.17, 15) is 0 Å². The van der Waals surface area contributed by atoms with Crippen molar-refractivity contribution in [2.75, 3.05) is 0 Å². The van der Waals surface area contributed by atoms with E-state index in [0.717, 1.165) is 25.7 Å². The van der Waals surface area contributed by atoms with Crippen LogP contribution in [0.15, 0.2) is 115 Å². The van der Waals surface area contributed by atoms with Gasteiger partial charge < -0.3 is 9.13 Å². The number of nitrogens with zero attached hydrogens (tertiary/aromatic N) is 2. The van der Waals surface area contributed by atoms with E-state index in [2.05, 4.69) is 131 Å². The predicted molar refractivity (Wildman–Crippen MR) is 162 cm³/mol. The van der Waals surface area contributed by atoms with Crippen LogP contribution in [0.1, 0.15) is 36.1 Å². The quantitative estimate of drug-likeness (QED) is 0.235. The van der Waals surface area contributed by atoms with Crippen LogP contribution in [0.25, 0.3) is 55.7 Å². The average molecular weight is 489 g/mol. The van der Waals surface area contributed by atoms with Crippen molar-refractivity contribution in [3.63, 3.8) is 0 Å². The van der Waals surface area contributed by atoms with Crippen molar-refractivity contribution < 1.29 is 0 Å². The van der Waals surface area contributed by atoms with E-state index in [1.165, 1.54) is 66.5 Å². The number of rotatable bonds is 3. The van der Waals surface area contributed by atoms with Crippen LogP contribution >= 0.6 is 0 Å². The standard InChI is InChI=1S/C36H28N2/c1-5-13-33-29(9-1)30-10-2-6-14-34(30)37(33)27-21-17-25(18-22-27)26-19-23-28(24-20-26)38-35-15-7-3-11-31(35)32-12-4-8-16-36(32)38/h1-3,5-11,13-19,21-23H,4,12,20,24H2. The lowest BCUT2D eigenvalue weighted by Crippen LogP contribution is -2.05. The molecule has 2 aliphatic rings. The van der Waals surface area contributed by atoms with Crippen LogP contribution in [0, 0.1) is 0 Å². The molecule has 4 aromatic carbocycles. The van der Waals surface area contributed by atoms with Crippen molar-refractivity contribution in [2.24, 2.45) is 0 Å². The molecule has 0 aliphatic heterocycles. The van der Waals surface area contributed by atoms with Crippen molar-refractivity contribution >= 4 is 50.1 Å². The van der Waals surface area contributed by atoms with Crippen LogP contribution in [0.4, 0.5) is 0 Å². The lowest BCUT2D eigenvalue weighted by atomic mass is 9.95. The minimum atomic E-state index is 1.04. The third-order valence-electron chi connectivity index (χ3n) is 8.35. The van der Waals surface area contributed by atoms with Gasteiger partial charge in [-0.1, -0.05) is 78.9 Å². The average Bonchev–Trinajstić information content (AvgIpc) is 3.51. The van der Waals surface area contributed by atoms with Gasteiger partial charge in [-0.05, 0) is 84.9 Å². The molecule has 8 rings (SSSR count). The van der Waals surface area contributed by atoms with Gasteiger partial charge in [-0.2, -0.15) is 0 Å². The Bertz CT molecular complexity index is 1900. The number of benzene rings is 4. The summed E-state index contributed by atoms with van der Waals surface area (Å²) in [6.45, 7) is 0. The summed E-state index contributed by atoms with van der Waals surface area (Å²) < 4.78 is 4.88. The second-order valence-corrected chi connectivity index (χ2v) is 10.4. The van der Waals surface area contributed by atoms with Crippen LogP contribution in [0.2, 0.25) is 0 Å². The van der Waals surface area contributed by atoms with Gasteiger partial charge in [-0.3, -0.25) is 0 Å². The molecular formula is C36H28N2. The summed E-state index contributed by atoms with van der Waals surface area (Å²) in [7, 11) is 0. The molecule has 2 aromatic heterocycles. The van der Waals surface area contributed by atoms with Gasteiger partial charge in [0.1, 0.15) is 0 Å². The molecule has 182 valence electrons. The van der Waals surface area contributed by atoms with Gasteiger partial charge in [-0.15, -0.1) is 0 Å². The Morgan fingerprint density at radius 3 is 1.82 bits per heavy atom. The molecule has 0 radical (unpaired) electrons. The SMILES string of the molecule is C1=Cc2c(c3ccccc3n2C2=CC=C(c3ccc(-n4c5ccccc5c5ccccc54)cc3)CC2)CC1. The third-order valence-corrected chi connectivity index (χ3v) is 8.35. The highest BCUT2D eigenvalue weighted by Crippen LogP contribution is 2.38. The number of hydrogen-bond donors (Lipinski definition) is 0. The summed E-state index contributed by atoms with van der Waals surface area (Å²) in [4.78, 5) is 0. The molecule has 0 saturated heterocycles. The highest BCUT2D eigenvalue weighted by atomic mass is 15.0. The number of allylic oxidation sites excluding steroid dienone is 5. The highest BCUT2D eigenvalue weighted by Gasteiger charge is 2.20. The second kappa shape index (κ2) is 8.49. The molecule has 2 heteroatoms. The van der Waals surface area contributed by atoms with E-state index < -0.39 is 0 Å². The van der Waals surface area contributed by atoms with Gasteiger partial charge in [0.15, 0.2) is 0 Å². The third kappa shape index (κ3) is 3.20. The fourth-order valence-corrected chi connectivity index (χ4v) is 6.57. The van der Waals surface area contributed by atoms with E-state index in [1.54, 1.807) is 0 Å². The van der Waals surface area contributed by atoms with Gasteiger partial charge >= 0.3 is 0 Å². The maximum absolute atomic E-state index is 2.50. The molecule has 2 aliphatic carbocycles. The van der Waals surface area contributed by atoms with Crippen molar-refractivity contribution in [3.8, 4) is 5.69 Å². The molecule has 0 unspecified atom stereocenters. The Hall–Kier alpha value is -4.56. The summed E-state index contributed by atoms with van der Waals surface area (Å²) in [5, 5.41) is 4.01. The van der Waals surface area contributed by atoms with Gasteiger partial charge in [-0.25, -0.2) is 0 Å². The highest BCUT2D eigenvalue weighted by molar-refractivity contribution is 6.09. The van der Waals surface area contributed by atoms with Crippen molar-refractivity contribution in [1.82, 2.24) is 9.13 Å². The first-order valence-corrected chi connectivity index (χ1v) is 13.6. The normalized spacial score (nSPS) is 15.2. The summed E-state index contributed by atoms with van der Waals surface area (Å²) in [5.74, 6) is 0. The summed E-state index contributed by atoms with van der Waals surface area (Å²) in [5.41, 5.74) is 12.0. The number of aromatic nitrogens is 2. The van der Waals surface area contributed by atoms with E-state index in [4.69, 9.17) is 0 Å². The number of aryl methyl sites for hydroxylation is 1. The fourth-order valence-electron chi connectivity index (χ4n) is 6.57. The largest absolute Gasteiger partial charge is 0.313 e. The van der Waals surface area contributed by atoms with Gasteiger partial charge in [0.05, 0.1) is 16.6 Å². The Morgan fingerprint density at radius 1 is 0.526 bits per heavy atom. The Kier molecular flexibility index (Phi) is 4.81. The first-order chi connectivity index (χ1) is 18.9. The molecule has 0 atom stereocenters. The Balaban J connectivity index is 1.17. The minimum absolute atomic E-state index is 1.04. The molecule has 0 fully saturated rings. The smallest absolute Gasteiger partial charge is 0.0541 e. The molecule has 6 aromatic rings.